The predicted molar refractivity (Wildman–Crippen MR) is 141 cm³/mol. The van der Waals surface area contributed by atoms with Crippen molar-refractivity contribution >= 4 is 34.0 Å². The number of Topliss-reactive ketones (excluding diaryl/α,β-unsaturated/α-hetero) is 1. The summed E-state index contributed by atoms with van der Waals surface area (Å²) in [5.41, 5.74) is 10.5. The van der Waals surface area contributed by atoms with Gasteiger partial charge in [0, 0.05) is 22.9 Å². The fraction of sp³-hybridized carbons (Fsp3) is 0.481. The lowest BCUT2D eigenvalue weighted by atomic mass is 9.68. The summed E-state index contributed by atoms with van der Waals surface area (Å²) in [6, 6.07) is 10.4. The minimum absolute atomic E-state index is 0.0772. The Labute approximate surface area is 215 Å². The molecule has 2 N–H and O–H groups in total. The smallest absolute Gasteiger partial charge is 0.219 e. The molecular formula is C27H31N5OS2. The van der Waals surface area contributed by atoms with Crippen LogP contribution in [0.1, 0.15) is 75.8 Å². The number of rotatable bonds is 4. The van der Waals surface area contributed by atoms with Gasteiger partial charge in [-0.25, -0.2) is 0 Å². The SMILES string of the molecule is Cc1ccc(C2C(C#N)=C(N)N(c3nnc(SC4CCCCC4)s3)C3=C2C(=O)CC(C)(C)C3)cc1. The van der Waals surface area contributed by atoms with Crippen molar-refractivity contribution in [2.45, 2.75) is 81.2 Å². The van der Waals surface area contributed by atoms with Crippen LogP contribution in [0.5, 0.6) is 0 Å². The second kappa shape index (κ2) is 9.44. The Morgan fingerprint density at radius 2 is 1.86 bits per heavy atom. The van der Waals surface area contributed by atoms with Crippen molar-refractivity contribution in [3.63, 3.8) is 0 Å². The summed E-state index contributed by atoms with van der Waals surface area (Å²) in [5, 5.41) is 20.4. The molecule has 8 heteroatoms. The Morgan fingerprint density at radius 1 is 1.14 bits per heavy atom. The van der Waals surface area contributed by atoms with Crippen molar-refractivity contribution in [3.05, 3.63) is 58.1 Å². The minimum Gasteiger partial charge on any atom is -0.384 e. The number of anilines is 1. The first kappa shape index (κ1) is 24.1. The van der Waals surface area contributed by atoms with Crippen LogP contribution in [0, 0.1) is 23.7 Å². The fourth-order valence-electron chi connectivity index (χ4n) is 5.49. The van der Waals surface area contributed by atoms with E-state index in [0.29, 0.717) is 40.2 Å². The van der Waals surface area contributed by atoms with Crippen LogP contribution in [0.4, 0.5) is 5.13 Å². The minimum atomic E-state index is -0.459. The van der Waals surface area contributed by atoms with Crippen molar-refractivity contribution in [2.75, 3.05) is 4.90 Å². The Kier molecular flexibility index (Phi) is 6.49. The van der Waals surface area contributed by atoms with Crippen molar-refractivity contribution in [1.82, 2.24) is 10.2 Å². The number of hydrogen-bond donors (Lipinski definition) is 1. The van der Waals surface area contributed by atoms with Crippen LogP contribution in [0.15, 0.2) is 51.3 Å². The van der Waals surface area contributed by atoms with Gasteiger partial charge in [-0.15, -0.1) is 10.2 Å². The van der Waals surface area contributed by atoms with Gasteiger partial charge in [0.1, 0.15) is 5.82 Å². The average molecular weight is 506 g/mol. The largest absolute Gasteiger partial charge is 0.384 e. The maximum absolute atomic E-state index is 13.6. The van der Waals surface area contributed by atoms with Gasteiger partial charge in [0.05, 0.1) is 17.6 Å². The summed E-state index contributed by atoms with van der Waals surface area (Å²) >= 11 is 3.30. The lowest BCUT2D eigenvalue weighted by Gasteiger charge is -2.42. The van der Waals surface area contributed by atoms with Gasteiger partial charge in [-0.2, -0.15) is 5.26 Å². The van der Waals surface area contributed by atoms with Crippen LogP contribution >= 0.6 is 23.1 Å². The van der Waals surface area contributed by atoms with Gasteiger partial charge in [-0.1, -0.05) is 86.0 Å². The van der Waals surface area contributed by atoms with Crippen LogP contribution in [0.25, 0.3) is 0 Å². The molecule has 182 valence electrons. The third kappa shape index (κ3) is 4.64. The quantitative estimate of drug-likeness (QED) is 0.527. The first-order valence-corrected chi connectivity index (χ1v) is 14.0. The highest BCUT2D eigenvalue weighted by Crippen LogP contribution is 2.51. The summed E-state index contributed by atoms with van der Waals surface area (Å²) in [4.78, 5) is 15.5. The molecule has 2 aliphatic carbocycles. The highest BCUT2D eigenvalue weighted by atomic mass is 32.2. The molecule has 0 bridgehead atoms. The molecule has 1 aliphatic heterocycles. The van der Waals surface area contributed by atoms with Crippen LogP contribution in [0.3, 0.4) is 0 Å². The number of nitrogens with zero attached hydrogens (tertiary/aromatic N) is 4. The first-order valence-electron chi connectivity index (χ1n) is 12.3. The van der Waals surface area contributed by atoms with E-state index in [0.717, 1.165) is 21.2 Å². The first-order chi connectivity index (χ1) is 16.8. The van der Waals surface area contributed by atoms with E-state index in [4.69, 9.17) is 5.73 Å². The van der Waals surface area contributed by atoms with E-state index >= 15 is 0 Å². The summed E-state index contributed by atoms with van der Waals surface area (Å²) in [6.45, 7) is 6.25. The number of carbonyl (C=O) groups excluding carboxylic acids is 1. The van der Waals surface area contributed by atoms with Crippen LogP contribution in [0.2, 0.25) is 0 Å². The third-order valence-electron chi connectivity index (χ3n) is 7.20. The number of allylic oxidation sites excluding steroid dienone is 3. The zero-order chi connectivity index (χ0) is 24.7. The molecule has 0 radical (unpaired) electrons. The molecule has 1 unspecified atom stereocenters. The summed E-state index contributed by atoms with van der Waals surface area (Å²) in [6.07, 6.45) is 7.39. The number of hydrogen-bond acceptors (Lipinski definition) is 8. The zero-order valence-electron chi connectivity index (χ0n) is 20.5. The highest BCUT2D eigenvalue weighted by Gasteiger charge is 2.45. The lowest BCUT2D eigenvalue weighted by molar-refractivity contribution is -0.118. The van der Waals surface area contributed by atoms with Crippen molar-refractivity contribution < 1.29 is 4.79 Å². The van der Waals surface area contributed by atoms with Gasteiger partial charge in [0.2, 0.25) is 5.13 Å². The van der Waals surface area contributed by atoms with Crippen LogP contribution in [-0.4, -0.2) is 21.2 Å². The maximum Gasteiger partial charge on any atom is 0.219 e. The van der Waals surface area contributed by atoms with Gasteiger partial charge in [-0.3, -0.25) is 9.69 Å². The molecule has 2 aromatic rings. The second-order valence-corrected chi connectivity index (χ2v) is 13.1. The molecular weight excluding hydrogens is 474 g/mol. The molecule has 2 heterocycles. The standard InChI is InChI=1S/C27H31N5OS2/c1-16-9-11-17(12-10-16)22-19(15-28)24(29)32(20-13-27(2,3)14-21(33)23(20)22)25-30-31-26(35-25)34-18-7-5-4-6-8-18/h9-12,18,22H,4-8,13-14,29H2,1-3H3. The molecule has 1 saturated carbocycles. The summed E-state index contributed by atoms with van der Waals surface area (Å²) < 4.78 is 0.919. The van der Waals surface area contributed by atoms with Gasteiger partial charge < -0.3 is 5.73 Å². The normalized spacial score (nSPS) is 22.9. The van der Waals surface area contributed by atoms with Gasteiger partial charge in [0.25, 0.3) is 0 Å². The predicted octanol–water partition coefficient (Wildman–Crippen LogP) is 6.21. The van der Waals surface area contributed by atoms with E-state index in [1.165, 1.54) is 43.4 Å². The molecule has 5 rings (SSSR count). The van der Waals surface area contributed by atoms with Gasteiger partial charge in [-0.05, 0) is 37.2 Å². The zero-order valence-corrected chi connectivity index (χ0v) is 22.1. The van der Waals surface area contributed by atoms with Crippen molar-refractivity contribution in [1.29, 1.82) is 5.26 Å². The molecule has 1 aromatic heterocycles. The van der Waals surface area contributed by atoms with Crippen molar-refractivity contribution in [2.24, 2.45) is 11.1 Å². The van der Waals surface area contributed by atoms with Crippen LogP contribution < -0.4 is 10.6 Å². The molecule has 0 saturated heterocycles. The summed E-state index contributed by atoms with van der Waals surface area (Å²) in [5.74, 6) is -0.0273. The van der Waals surface area contributed by atoms with E-state index in [-0.39, 0.29) is 11.2 Å². The van der Waals surface area contributed by atoms with Crippen LogP contribution in [-0.2, 0) is 4.79 Å². The number of aromatic nitrogens is 2. The monoisotopic (exact) mass is 505 g/mol. The number of nitrogens with two attached hydrogens (primary N) is 1. The lowest BCUT2D eigenvalue weighted by Crippen LogP contribution is -2.42. The second-order valence-electron chi connectivity index (χ2n) is 10.6. The van der Waals surface area contributed by atoms with E-state index in [1.54, 1.807) is 11.8 Å². The van der Waals surface area contributed by atoms with E-state index < -0.39 is 5.92 Å². The number of benzene rings is 1. The Balaban J connectivity index is 1.60. The molecule has 1 aromatic carbocycles. The van der Waals surface area contributed by atoms with Crippen molar-refractivity contribution in [3.8, 4) is 6.07 Å². The number of aryl methyl sites for hydroxylation is 1. The summed E-state index contributed by atoms with van der Waals surface area (Å²) in [7, 11) is 0. The van der Waals surface area contributed by atoms with E-state index in [2.05, 4.69) is 30.1 Å². The van der Waals surface area contributed by atoms with E-state index in [1.807, 2.05) is 36.1 Å². The Hall–Kier alpha value is -2.63. The topological polar surface area (TPSA) is 95.9 Å². The van der Waals surface area contributed by atoms with Gasteiger partial charge in [0.15, 0.2) is 10.1 Å². The fourth-order valence-corrected chi connectivity index (χ4v) is 7.87. The number of nitriles is 1. The third-order valence-corrected chi connectivity index (χ3v) is 9.53. The number of thioether (sulfide) groups is 1. The van der Waals surface area contributed by atoms with E-state index in [9.17, 15) is 10.1 Å². The maximum atomic E-state index is 13.6. The molecule has 0 spiro atoms. The molecule has 0 amide bonds. The number of carbonyl (C=O) groups is 1. The molecule has 35 heavy (non-hydrogen) atoms. The molecule has 1 fully saturated rings. The van der Waals surface area contributed by atoms with Gasteiger partial charge >= 0.3 is 0 Å². The Morgan fingerprint density at radius 3 is 2.54 bits per heavy atom. The Bertz CT molecular complexity index is 1250. The highest BCUT2D eigenvalue weighted by molar-refractivity contribution is 8.01. The number of ketones is 1. The molecule has 1 atom stereocenters. The average Bonchev–Trinajstić information content (AvgIpc) is 3.26. The molecule has 6 nitrogen and oxygen atoms in total. The molecule has 3 aliphatic rings.